The third-order valence-electron chi connectivity index (χ3n) is 3.69. The van der Waals surface area contributed by atoms with Gasteiger partial charge in [0.25, 0.3) is 5.91 Å². The topological polar surface area (TPSA) is 95.3 Å². The molecule has 2 heterocycles. The number of furan rings is 1. The molecule has 1 unspecified atom stereocenters. The van der Waals surface area contributed by atoms with Crippen LogP contribution in [0.1, 0.15) is 23.0 Å². The fraction of sp³-hybridized carbons (Fsp3) is 0.176. The zero-order chi connectivity index (χ0) is 17.3. The molecule has 1 atom stereocenters. The summed E-state index contributed by atoms with van der Waals surface area (Å²) in [6, 6.07) is 8.13. The van der Waals surface area contributed by atoms with Crippen molar-refractivity contribution in [3.63, 3.8) is 0 Å². The van der Waals surface area contributed by atoms with Crippen LogP contribution >= 0.6 is 0 Å². The standard InChI is InChI=1S/C17H15FN2O4/c1-17(23,14-3-2-6-24-14)9-19-16(22)12-8-15(21)20-13-7-10(18)4-5-11(12)13/h2-8,23H,9H2,1H3,(H,19,22)(H,20,21). The Morgan fingerprint density at radius 3 is 2.88 bits per heavy atom. The minimum atomic E-state index is -1.40. The number of hydrogen-bond acceptors (Lipinski definition) is 4. The van der Waals surface area contributed by atoms with Crippen molar-refractivity contribution in [3.05, 3.63) is 70.2 Å². The first-order valence-electron chi connectivity index (χ1n) is 7.24. The molecule has 1 aromatic carbocycles. The Kier molecular flexibility index (Phi) is 3.94. The van der Waals surface area contributed by atoms with E-state index in [9.17, 15) is 19.1 Å². The summed E-state index contributed by atoms with van der Waals surface area (Å²) in [5, 5.41) is 13.3. The third-order valence-corrected chi connectivity index (χ3v) is 3.69. The first-order chi connectivity index (χ1) is 11.4. The number of amides is 1. The Bertz CT molecular complexity index is 945. The van der Waals surface area contributed by atoms with Crippen molar-refractivity contribution in [2.24, 2.45) is 0 Å². The monoisotopic (exact) mass is 330 g/mol. The van der Waals surface area contributed by atoms with Crippen molar-refractivity contribution >= 4 is 16.8 Å². The maximum absolute atomic E-state index is 13.3. The summed E-state index contributed by atoms with van der Waals surface area (Å²) >= 11 is 0. The van der Waals surface area contributed by atoms with E-state index < -0.39 is 22.9 Å². The Labute approximate surface area is 135 Å². The van der Waals surface area contributed by atoms with Gasteiger partial charge < -0.3 is 19.8 Å². The lowest BCUT2D eigenvalue weighted by atomic mass is 10.0. The van der Waals surface area contributed by atoms with E-state index in [0.29, 0.717) is 11.1 Å². The Hall–Kier alpha value is -2.93. The van der Waals surface area contributed by atoms with Gasteiger partial charge in [-0.2, -0.15) is 0 Å². The van der Waals surface area contributed by atoms with Crippen LogP contribution in [0.3, 0.4) is 0 Å². The highest BCUT2D eigenvalue weighted by Crippen LogP contribution is 2.21. The first kappa shape index (κ1) is 15.9. The molecular formula is C17H15FN2O4. The normalized spacial score (nSPS) is 13.6. The third kappa shape index (κ3) is 3.07. The van der Waals surface area contributed by atoms with Gasteiger partial charge in [-0.3, -0.25) is 9.59 Å². The minimum Gasteiger partial charge on any atom is -0.466 e. The predicted octanol–water partition coefficient (Wildman–Crippen LogP) is 1.90. The molecule has 0 bridgehead atoms. The number of fused-ring (bicyclic) bond motifs is 1. The van der Waals surface area contributed by atoms with Crippen LogP contribution in [0.4, 0.5) is 4.39 Å². The molecule has 124 valence electrons. The molecular weight excluding hydrogens is 315 g/mol. The summed E-state index contributed by atoms with van der Waals surface area (Å²) in [6.45, 7) is 1.38. The summed E-state index contributed by atoms with van der Waals surface area (Å²) < 4.78 is 18.4. The molecule has 2 aromatic heterocycles. The van der Waals surface area contributed by atoms with Crippen molar-refractivity contribution < 1.29 is 18.7 Å². The van der Waals surface area contributed by atoms with Gasteiger partial charge in [-0.25, -0.2) is 4.39 Å². The van der Waals surface area contributed by atoms with E-state index in [-0.39, 0.29) is 17.6 Å². The number of carbonyl (C=O) groups is 1. The van der Waals surface area contributed by atoms with E-state index in [2.05, 4.69) is 10.3 Å². The number of rotatable bonds is 4. The van der Waals surface area contributed by atoms with Crippen LogP contribution in [-0.2, 0) is 5.60 Å². The maximum Gasteiger partial charge on any atom is 0.252 e. The number of hydrogen-bond donors (Lipinski definition) is 3. The zero-order valence-electron chi connectivity index (χ0n) is 12.8. The van der Waals surface area contributed by atoms with Crippen molar-refractivity contribution in [1.29, 1.82) is 0 Å². The number of carbonyl (C=O) groups excluding carboxylic acids is 1. The fourth-order valence-electron chi connectivity index (χ4n) is 2.44. The fourth-order valence-corrected chi connectivity index (χ4v) is 2.44. The Morgan fingerprint density at radius 1 is 1.38 bits per heavy atom. The number of pyridine rings is 1. The van der Waals surface area contributed by atoms with E-state index in [0.717, 1.165) is 12.1 Å². The predicted molar refractivity (Wildman–Crippen MR) is 85.1 cm³/mol. The second kappa shape index (κ2) is 5.93. The van der Waals surface area contributed by atoms with Crippen LogP contribution in [0.5, 0.6) is 0 Å². The summed E-state index contributed by atoms with van der Waals surface area (Å²) in [4.78, 5) is 26.6. The van der Waals surface area contributed by atoms with Crippen LogP contribution in [-0.4, -0.2) is 22.5 Å². The highest BCUT2D eigenvalue weighted by molar-refractivity contribution is 6.05. The number of benzene rings is 1. The highest BCUT2D eigenvalue weighted by atomic mass is 19.1. The van der Waals surface area contributed by atoms with Crippen LogP contribution < -0.4 is 10.9 Å². The van der Waals surface area contributed by atoms with E-state index in [4.69, 9.17) is 4.42 Å². The second-order valence-corrected chi connectivity index (χ2v) is 5.67. The number of H-pyrrole nitrogens is 1. The molecule has 0 radical (unpaired) electrons. The summed E-state index contributed by atoms with van der Waals surface area (Å²) in [6.07, 6.45) is 1.42. The van der Waals surface area contributed by atoms with E-state index in [1.54, 1.807) is 12.1 Å². The van der Waals surface area contributed by atoms with Crippen LogP contribution in [0, 0.1) is 5.82 Å². The largest absolute Gasteiger partial charge is 0.466 e. The van der Waals surface area contributed by atoms with Gasteiger partial charge in [0, 0.05) is 11.5 Å². The number of nitrogens with one attached hydrogen (secondary N) is 2. The Balaban J connectivity index is 1.88. The van der Waals surface area contributed by atoms with E-state index in [1.807, 2.05) is 0 Å². The minimum absolute atomic E-state index is 0.101. The SMILES string of the molecule is CC(O)(CNC(=O)c1cc(=O)[nH]c2cc(F)ccc12)c1ccco1. The number of aromatic amines is 1. The molecule has 3 aromatic rings. The van der Waals surface area contributed by atoms with Gasteiger partial charge in [0.15, 0.2) is 0 Å². The van der Waals surface area contributed by atoms with Crippen LogP contribution in [0.2, 0.25) is 0 Å². The van der Waals surface area contributed by atoms with Gasteiger partial charge in [-0.05, 0) is 37.3 Å². The highest BCUT2D eigenvalue weighted by Gasteiger charge is 2.27. The molecule has 3 rings (SSSR count). The second-order valence-electron chi connectivity index (χ2n) is 5.67. The molecule has 6 nitrogen and oxygen atoms in total. The molecule has 0 aliphatic heterocycles. The van der Waals surface area contributed by atoms with Gasteiger partial charge in [0.05, 0.1) is 23.9 Å². The Morgan fingerprint density at radius 2 is 2.17 bits per heavy atom. The van der Waals surface area contributed by atoms with Crippen LogP contribution in [0.15, 0.2) is 51.9 Å². The van der Waals surface area contributed by atoms with Crippen molar-refractivity contribution in [3.8, 4) is 0 Å². The van der Waals surface area contributed by atoms with Crippen molar-refractivity contribution in [2.45, 2.75) is 12.5 Å². The van der Waals surface area contributed by atoms with Gasteiger partial charge in [0.2, 0.25) is 5.56 Å². The average molecular weight is 330 g/mol. The lowest BCUT2D eigenvalue weighted by Gasteiger charge is -2.21. The zero-order valence-corrected chi connectivity index (χ0v) is 12.8. The van der Waals surface area contributed by atoms with Crippen molar-refractivity contribution in [1.82, 2.24) is 10.3 Å². The van der Waals surface area contributed by atoms with E-state index in [1.165, 1.54) is 25.3 Å². The molecule has 24 heavy (non-hydrogen) atoms. The number of aromatic nitrogens is 1. The smallest absolute Gasteiger partial charge is 0.252 e. The molecule has 0 spiro atoms. The molecule has 0 aliphatic carbocycles. The van der Waals surface area contributed by atoms with Gasteiger partial charge in [-0.1, -0.05) is 0 Å². The molecule has 0 saturated carbocycles. The van der Waals surface area contributed by atoms with Gasteiger partial charge in [0.1, 0.15) is 17.2 Å². The number of halogens is 1. The molecule has 0 aliphatic rings. The quantitative estimate of drug-likeness (QED) is 0.681. The molecule has 3 N–H and O–H groups in total. The summed E-state index contributed by atoms with van der Waals surface area (Å²) in [7, 11) is 0. The lowest BCUT2D eigenvalue weighted by molar-refractivity contribution is 0.0330. The van der Waals surface area contributed by atoms with Crippen LogP contribution in [0.25, 0.3) is 10.9 Å². The number of aliphatic hydroxyl groups is 1. The first-order valence-corrected chi connectivity index (χ1v) is 7.24. The molecule has 0 saturated heterocycles. The average Bonchev–Trinajstić information content (AvgIpc) is 3.06. The molecule has 0 fully saturated rings. The van der Waals surface area contributed by atoms with Crippen molar-refractivity contribution in [2.75, 3.05) is 6.54 Å². The molecule has 7 heteroatoms. The lowest BCUT2D eigenvalue weighted by Crippen LogP contribution is -2.38. The van der Waals surface area contributed by atoms with E-state index >= 15 is 0 Å². The summed E-state index contributed by atoms with van der Waals surface area (Å²) in [5.41, 5.74) is -1.59. The maximum atomic E-state index is 13.3. The molecule has 1 amide bonds. The van der Waals surface area contributed by atoms with Gasteiger partial charge >= 0.3 is 0 Å². The summed E-state index contributed by atoms with van der Waals surface area (Å²) in [5.74, 6) is -0.762. The van der Waals surface area contributed by atoms with Gasteiger partial charge in [-0.15, -0.1) is 0 Å².